The molecule has 0 saturated carbocycles. The molecule has 1 atom stereocenters. The second-order valence-electron chi connectivity index (χ2n) is 6.76. The Bertz CT molecular complexity index is 488. The average molecular weight is 390 g/mol. The molecule has 0 spiro atoms. The number of nitrogens with zero attached hydrogens (tertiary/aromatic N) is 1. The molecule has 1 unspecified atom stereocenters. The molecule has 1 amide bonds. The molecule has 1 aromatic rings. The molecule has 0 bridgehead atoms. The summed E-state index contributed by atoms with van der Waals surface area (Å²) in [6.07, 6.45) is 2.30. The second kappa shape index (κ2) is 12.5. The van der Waals surface area contributed by atoms with E-state index < -0.39 is 0 Å². The first-order chi connectivity index (χ1) is 11.1. The minimum atomic E-state index is 0. The Morgan fingerprint density at radius 1 is 1.28 bits per heavy atom. The molecule has 25 heavy (non-hydrogen) atoms. The van der Waals surface area contributed by atoms with E-state index in [0.29, 0.717) is 12.0 Å². The van der Waals surface area contributed by atoms with E-state index in [-0.39, 0.29) is 30.7 Å². The molecule has 2 N–H and O–H groups in total. The summed E-state index contributed by atoms with van der Waals surface area (Å²) in [5.74, 6) is 0.757. The van der Waals surface area contributed by atoms with E-state index in [4.69, 9.17) is 0 Å². The molecular weight excluding hydrogens is 357 g/mol. The van der Waals surface area contributed by atoms with Crippen molar-refractivity contribution in [2.24, 2.45) is 5.92 Å². The number of hydrogen-bond acceptors (Lipinski definition) is 3. The molecule has 144 valence electrons. The second-order valence-corrected chi connectivity index (χ2v) is 6.76. The molecule has 1 aliphatic heterocycles. The maximum atomic E-state index is 12.2. The lowest BCUT2D eigenvalue weighted by Crippen LogP contribution is -2.30. The molecule has 0 aromatic heterocycles. The molecule has 1 aromatic carbocycles. The predicted molar refractivity (Wildman–Crippen MR) is 110 cm³/mol. The van der Waals surface area contributed by atoms with E-state index in [2.05, 4.69) is 48.4 Å². The lowest BCUT2D eigenvalue weighted by atomic mass is 10.1. The van der Waals surface area contributed by atoms with Crippen LogP contribution in [0.25, 0.3) is 0 Å². The molecular formula is C19H33Cl2N3O. The monoisotopic (exact) mass is 389 g/mol. The first-order valence-corrected chi connectivity index (χ1v) is 8.92. The largest absolute Gasteiger partial charge is 0.352 e. The fraction of sp³-hybridized carbons (Fsp3) is 0.632. The molecule has 1 saturated heterocycles. The minimum absolute atomic E-state index is 0. The predicted octanol–water partition coefficient (Wildman–Crippen LogP) is 3.49. The van der Waals surface area contributed by atoms with Crippen LogP contribution in [-0.2, 0) is 6.54 Å². The number of carbonyl (C=O) groups excluding carboxylic acids is 1. The van der Waals surface area contributed by atoms with E-state index in [0.717, 1.165) is 44.7 Å². The lowest BCUT2D eigenvalue weighted by Gasteiger charge is -2.24. The zero-order valence-corrected chi connectivity index (χ0v) is 17.2. The molecule has 1 heterocycles. The number of rotatable bonds is 8. The van der Waals surface area contributed by atoms with Crippen molar-refractivity contribution in [1.82, 2.24) is 15.5 Å². The van der Waals surface area contributed by atoms with Crippen molar-refractivity contribution in [2.45, 2.75) is 46.2 Å². The zero-order valence-electron chi connectivity index (χ0n) is 15.6. The Labute approximate surface area is 164 Å². The fourth-order valence-electron chi connectivity index (χ4n) is 3.11. The zero-order chi connectivity index (χ0) is 16.7. The number of benzene rings is 1. The van der Waals surface area contributed by atoms with Gasteiger partial charge in [-0.1, -0.05) is 19.1 Å². The average Bonchev–Trinajstić information content (AvgIpc) is 3.06. The van der Waals surface area contributed by atoms with Gasteiger partial charge in [0.1, 0.15) is 0 Å². The summed E-state index contributed by atoms with van der Waals surface area (Å²) in [6.45, 7) is 11.6. The number of halogens is 2. The van der Waals surface area contributed by atoms with Gasteiger partial charge in [-0.25, -0.2) is 0 Å². The third-order valence-corrected chi connectivity index (χ3v) is 4.74. The Kier molecular flexibility index (Phi) is 12.1. The van der Waals surface area contributed by atoms with Crippen molar-refractivity contribution in [1.29, 1.82) is 0 Å². The van der Waals surface area contributed by atoms with Gasteiger partial charge < -0.3 is 10.6 Å². The van der Waals surface area contributed by atoms with Crippen LogP contribution in [0.2, 0.25) is 0 Å². The number of nitrogens with one attached hydrogen (secondary N) is 2. The summed E-state index contributed by atoms with van der Waals surface area (Å²) in [6, 6.07) is 8.56. The van der Waals surface area contributed by atoms with Crippen molar-refractivity contribution >= 4 is 30.7 Å². The summed E-state index contributed by atoms with van der Waals surface area (Å²) in [5, 5.41) is 6.40. The van der Waals surface area contributed by atoms with E-state index >= 15 is 0 Å². The van der Waals surface area contributed by atoms with Crippen LogP contribution >= 0.6 is 24.8 Å². The Balaban J connectivity index is 0.00000288. The van der Waals surface area contributed by atoms with Crippen molar-refractivity contribution in [3.8, 4) is 0 Å². The van der Waals surface area contributed by atoms with Crippen LogP contribution < -0.4 is 10.6 Å². The summed E-state index contributed by atoms with van der Waals surface area (Å²) in [5.41, 5.74) is 2.01. The van der Waals surface area contributed by atoms with Gasteiger partial charge >= 0.3 is 0 Å². The quantitative estimate of drug-likeness (QED) is 0.714. The highest BCUT2D eigenvalue weighted by molar-refractivity contribution is 5.94. The molecule has 4 nitrogen and oxygen atoms in total. The molecule has 0 radical (unpaired) electrons. The van der Waals surface area contributed by atoms with Crippen LogP contribution in [0.15, 0.2) is 24.3 Å². The SMILES string of the molecule is CCN(Cc1ccc(C(=O)NCCC2CCNC2)cc1)C(C)C.Cl.Cl. The number of carbonyl (C=O) groups is 1. The highest BCUT2D eigenvalue weighted by Crippen LogP contribution is 2.12. The van der Waals surface area contributed by atoms with Gasteiger partial charge in [-0.3, -0.25) is 9.69 Å². The first kappa shape index (κ1) is 24.2. The Hall–Kier alpha value is -0.810. The molecule has 6 heteroatoms. The van der Waals surface area contributed by atoms with E-state index in [1.165, 1.54) is 12.0 Å². The maximum absolute atomic E-state index is 12.2. The van der Waals surface area contributed by atoms with Crippen LogP contribution in [0.4, 0.5) is 0 Å². The van der Waals surface area contributed by atoms with Crippen LogP contribution in [0.5, 0.6) is 0 Å². The summed E-state index contributed by atoms with van der Waals surface area (Å²) in [4.78, 5) is 14.6. The lowest BCUT2D eigenvalue weighted by molar-refractivity contribution is 0.0951. The minimum Gasteiger partial charge on any atom is -0.352 e. The van der Waals surface area contributed by atoms with Gasteiger partial charge in [0.2, 0.25) is 0 Å². The molecule has 0 aliphatic carbocycles. The summed E-state index contributed by atoms with van der Waals surface area (Å²) in [7, 11) is 0. The molecule has 1 aliphatic rings. The van der Waals surface area contributed by atoms with Gasteiger partial charge in [-0.15, -0.1) is 24.8 Å². The number of amides is 1. The summed E-state index contributed by atoms with van der Waals surface area (Å²) < 4.78 is 0. The van der Waals surface area contributed by atoms with E-state index in [1.807, 2.05) is 12.1 Å². The van der Waals surface area contributed by atoms with Gasteiger partial charge in [0.25, 0.3) is 5.91 Å². The van der Waals surface area contributed by atoms with E-state index in [1.54, 1.807) is 0 Å². The topological polar surface area (TPSA) is 44.4 Å². The number of hydrogen-bond donors (Lipinski definition) is 2. The van der Waals surface area contributed by atoms with Crippen LogP contribution in [-0.4, -0.2) is 43.0 Å². The first-order valence-electron chi connectivity index (χ1n) is 8.92. The van der Waals surface area contributed by atoms with Gasteiger partial charge in [-0.2, -0.15) is 0 Å². The smallest absolute Gasteiger partial charge is 0.251 e. The van der Waals surface area contributed by atoms with Crippen molar-refractivity contribution in [2.75, 3.05) is 26.2 Å². The van der Waals surface area contributed by atoms with Crippen LogP contribution in [0.1, 0.15) is 49.5 Å². The third-order valence-electron chi connectivity index (χ3n) is 4.74. The third kappa shape index (κ3) is 7.95. The Morgan fingerprint density at radius 2 is 1.96 bits per heavy atom. The normalized spacial score (nSPS) is 16.4. The van der Waals surface area contributed by atoms with Crippen molar-refractivity contribution in [3.63, 3.8) is 0 Å². The van der Waals surface area contributed by atoms with Gasteiger partial charge in [0.05, 0.1) is 0 Å². The van der Waals surface area contributed by atoms with Gasteiger partial charge in [0, 0.05) is 24.7 Å². The highest BCUT2D eigenvalue weighted by Gasteiger charge is 2.14. The fourth-order valence-corrected chi connectivity index (χ4v) is 3.11. The summed E-state index contributed by atoms with van der Waals surface area (Å²) >= 11 is 0. The van der Waals surface area contributed by atoms with E-state index in [9.17, 15) is 4.79 Å². The van der Waals surface area contributed by atoms with Gasteiger partial charge in [0.15, 0.2) is 0 Å². The molecule has 2 rings (SSSR count). The van der Waals surface area contributed by atoms with Gasteiger partial charge in [-0.05, 0) is 69.9 Å². The van der Waals surface area contributed by atoms with Crippen molar-refractivity contribution in [3.05, 3.63) is 35.4 Å². The standard InChI is InChI=1S/C19H31N3O.2ClH/c1-4-22(15(2)3)14-17-5-7-18(8-6-17)19(23)21-12-10-16-9-11-20-13-16;;/h5-8,15-16,20H,4,9-14H2,1-3H3,(H,21,23);2*1H. The maximum Gasteiger partial charge on any atom is 0.251 e. The van der Waals surface area contributed by atoms with Crippen LogP contribution in [0, 0.1) is 5.92 Å². The highest BCUT2D eigenvalue weighted by atomic mass is 35.5. The molecule has 1 fully saturated rings. The van der Waals surface area contributed by atoms with Crippen molar-refractivity contribution < 1.29 is 4.79 Å². The Morgan fingerprint density at radius 3 is 2.48 bits per heavy atom. The van der Waals surface area contributed by atoms with Crippen LogP contribution in [0.3, 0.4) is 0 Å².